The van der Waals surface area contributed by atoms with Gasteiger partial charge in [0.1, 0.15) is 21.2 Å². The van der Waals surface area contributed by atoms with E-state index in [1.807, 2.05) is 5.32 Å². The Morgan fingerprint density at radius 2 is 1.31 bits per heavy atom. The summed E-state index contributed by atoms with van der Waals surface area (Å²) >= 11 is 0. The third kappa shape index (κ3) is 7.71. The highest BCUT2D eigenvalue weighted by atomic mass is 32.2. The van der Waals surface area contributed by atoms with Gasteiger partial charge in [0.2, 0.25) is 5.91 Å². The smallest absolute Gasteiger partial charge is 0.296 e. The summed E-state index contributed by atoms with van der Waals surface area (Å²) in [5.74, 6) is -0.423. The van der Waals surface area contributed by atoms with Crippen LogP contribution in [-0.2, 0) is 35.1 Å². The molecule has 16 nitrogen and oxygen atoms in total. The molecule has 45 heavy (non-hydrogen) atoms. The quantitative estimate of drug-likeness (QED) is 0.127. The molecule has 1 amide bonds. The lowest BCUT2D eigenvalue weighted by atomic mass is 10.1. The monoisotopic (exact) mass is 676 g/mol. The zero-order valence-electron chi connectivity index (χ0n) is 23.3. The summed E-state index contributed by atoms with van der Waals surface area (Å²) < 4.78 is 106. The third-order valence-electron chi connectivity index (χ3n) is 6.02. The molecular formula is C26H22N5O11S3. The lowest BCUT2D eigenvalue weighted by Gasteiger charge is -2.11. The molecule has 0 aliphatic carbocycles. The van der Waals surface area contributed by atoms with Crippen LogP contribution in [0.4, 0.5) is 28.4 Å². The predicted molar refractivity (Wildman–Crippen MR) is 159 cm³/mol. The van der Waals surface area contributed by atoms with E-state index in [2.05, 4.69) is 26.5 Å². The molecule has 0 spiro atoms. The van der Waals surface area contributed by atoms with Crippen molar-refractivity contribution in [3.8, 4) is 5.75 Å². The van der Waals surface area contributed by atoms with Gasteiger partial charge in [0.05, 0.1) is 34.8 Å². The Balaban J connectivity index is 1.93. The molecular weight excluding hydrogens is 655 g/mol. The Hall–Kier alpha value is -4.66. The Morgan fingerprint density at radius 1 is 0.733 bits per heavy atom. The first-order valence-corrected chi connectivity index (χ1v) is 16.5. The molecule has 0 saturated heterocycles. The van der Waals surface area contributed by atoms with Crippen molar-refractivity contribution in [2.45, 2.75) is 28.5 Å². The van der Waals surface area contributed by atoms with E-state index < -0.39 is 62.3 Å². The number of amides is 1. The standard InChI is InChI=1S/C26H22N5O11S3/c1-14-4-5-16(42-3)10-22(14)30-28-20-8-9-21(19-11-17(43(33,34)35)6-7-18(19)20)29-31-24-13-25(44(36,37)38)23(27-15(2)32)12-26(24)45(39,40)41/h4,6-13H,1-3H3,(H,27,32)(H,33,34,35)(H,36,37,38)(H,39,40,41). The minimum atomic E-state index is -5.11. The molecule has 0 atom stereocenters. The van der Waals surface area contributed by atoms with Crippen molar-refractivity contribution in [3.63, 3.8) is 0 Å². The first kappa shape index (κ1) is 33.2. The number of ether oxygens (including phenoxy) is 1. The van der Waals surface area contributed by atoms with Crippen molar-refractivity contribution in [2.24, 2.45) is 20.5 Å². The van der Waals surface area contributed by atoms with E-state index >= 15 is 0 Å². The molecule has 4 rings (SSSR count). The van der Waals surface area contributed by atoms with Crippen LogP contribution in [0.2, 0.25) is 0 Å². The van der Waals surface area contributed by atoms with Crippen LogP contribution in [0.15, 0.2) is 89.7 Å². The summed E-state index contributed by atoms with van der Waals surface area (Å²) in [7, 11) is -13.4. The van der Waals surface area contributed by atoms with Crippen LogP contribution >= 0.6 is 0 Å². The number of hydrogen-bond acceptors (Lipinski definition) is 12. The second-order valence-corrected chi connectivity index (χ2v) is 13.4. The minimum absolute atomic E-state index is 0.0271. The summed E-state index contributed by atoms with van der Waals surface area (Å²) in [6.07, 6.45) is 0. The number of carbonyl (C=O) groups excluding carboxylic acids is 1. The first-order chi connectivity index (χ1) is 20.9. The molecule has 0 saturated carbocycles. The maximum Gasteiger partial charge on any atom is 0.296 e. The zero-order chi connectivity index (χ0) is 33.3. The van der Waals surface area contributed by atoms with Gasteiger partial charge in [0.25, 0.3) is 30.4 Å². The van der Waals surface area contributed by atoms with Gasteiger partial charge in [-0.05, 0) is 55.0 Å². The molecule has 0 aliphatic rings. The topological polar surface area (TPSA) is 251 Å². The van der Waals surface area contributed by atoms with E-state index in [4.69, 9.17) is 4.74 Å². The lowest BCUT2D eigenvalue weighted by molar-refractivity contribution is -0.114. The van der Waals surface area contributed by atoms with Crippen LogP contribution in [0.5, 0.6) is 5.75 Å². The number of methoxy groups -OCH3 is 1. The molecule has 0 aromatic heterocycles. The molecule has 235 valence electrons. The second-order valence-electron chi connectivity index (χ2n) is 9.20. The van der Waals surface area contributed by atoms with Gasteiger partial charge in [-0.25, -0.2) is 0 Å². The molecule has 0 heterocycles. The SMILES string of the molecule is COc1[c]cc(C)c(N=Nc2ccc(N=Nc3cc(S(=O)(=O)O)c(NC(C)=O)cc3S(=O)(=O)O)c3cc(S(=O)(=O)O)ccc23)c1. The molecule has 1 radical (unpaired) electrons. The Morgan fingerprint density at radius 3 is 1.87 bits per heavy atom. The highest BCUT2D eigenvalue weighted by Gasteiger charge is 2.25. The van der Waals surface area contributed by atoms with Crippen molar-refractivity contribution in [1.29, 1.82) is 0 Å². The van der Waals surface area contributed by atoms with Crippen molar-refractivity contribution in [3.05, 3.63) is 66.2 Å². The van der Waals surface area contributed by atoms with Gasteiger partial charge in [-0.15, -0.1) is 15.3 Å². The van der Waals surface area contributed by atoms with Gasteiger partial charge in [0, 0.05) is 29.8 Å². The average Bonchev–Trinajstić information content (AvgIpc) is 2.94. The minimum Gasteiger partial charge on any atom is -0.496 e. The molecule has 4 aromatic carbocycles. The van der Waals surface area contributed by atoms with Crippen LogP contribution in [0, 0.1) is 13.0 Å². The number of fused-ring (bicyclic) bond motifs is 1. The van der Waals surface area contributed by atoms with Gasteiger partial charge in [0.15, 0.2) is 0 Å². The van der Waals surface area contributed by atoms with E-state index in [0.29, 0.717) is 29.1 Å². The maximum atomic E-state index is 12.1. The summed E-state index contributed by atoms with van der Waals surface area (Å²) in [4.78, 5) is 9.07. The van der Waals surface area contributed by atoms with E-state index in [0.717, 1.165) is 19.1 Å². The van der Waals surface area contributed by atoms with E-state index in [-0.39, 0.29) is 22.1 Å². The van der Waals surface area contributed by atoms with Crippen LogP contribution in [-0.4, -0.2) is 51.9 Å². The number of hydrogen-bond donors (Lipinski definition) is 4. The predicted octanol–water partition coefficient (Wildman–Crippen LogP) is 5.49. The molecule has 0 fully saturated rings. The molecule has 0 aliphatic heterocycles. The van der Waals surface area contributed by atoms with Crippen molar-refractivity contribution in [1.82, 2.24) is 0 Å². The van der Waals surface area contributed by atoms with Crippen LogP contribution < -0.4 is 10.1 Å². The number of carbonyl (C=O) groups is 1. The summed E-state index contributed by atoms with van der Waals surface area (Å²) in [5.41, 5.74) is -0.198. The highest BCUT2D eigenvalue weighted by molar-refractivity contribution is 7.86. The summed E-state index contributed by atoms with van der Waals surface area (Å²) in [6.45, 7) is 2.75. The Kier molecular flexibility index (Phi) is 9.15. The van der Waals surface area contributed by atoms with Crippen LogP contribution in [0.3, 0.4) is 0 Å². The fourth-order valence-electron chi connectivity index (χ4n) is 3.94. The number of aryl methyl sites for hydroxylation is 1. The van der Waals surface area contributed by atoms with Gasteiger partial charge < -0.3 is 10.1 Å². The number of rotatable bonds is 9. The maximum absolute atomic E-state index is 12.1. The van der Waals surface area contributed by atoms with E-state index in [1.54, 1.807) is 19.1 Å². The molecule has 4 N–H and O–H groups in total. The zero-order valence-corrected chi connectivity index (χ0v) is 25.8. The summed E-state index contributed by atoms with van der Waals surface area (Å²) in [5, 5.41) is 18.5. The molecule has 19 heteroatoms. The van der Waals surface area contributed by atoms with Gasteiger partial charge in [-0.3, -0.25) is 18.5 Å². The third-order valence-corrected chi connectivity index (χ3v) is 8.65. The lowest BCUT2D eigenvalue weighted by Crippen LogP contribution is -2.12. The largest absolute Gasteiger partial charge is 0.496 e. The molecule has 4 aromatic rings. The van der Waals surface area contributed by atoms with Gasteiger partial charge in [-0.2, -0.15) is 30.4 Å². The van der Waals surface area contributed by atoms with E-state index in [9.17, 15) is 43.7 Å². The van der Waals surface area contributed by atoms with Crippen LogP contribution in [0.1, 0.15) is 12.5 Å². The normalized spacial score (nSPS) is 12.7. The number of azo groups is 2. The number of nitrogens with zero attached hydrogens (tertiary/aromatic N) is 4. The number of anilines is 1. The molecule has 0 bridgehead atoms. The summed E-state index contributed by atoms with van der Waals surface area (Å²) in [6, 6.07) is 13.4. The van der Waals surface area contributed by atoms with Crippen molar-refractivity contribution < 1.29 is 48.4 Å². The van der Waals surface area contributed by atoms with Crippen molar-refractivity contribution in [2.75, 3.05) is 12.4 Å². The fraction of sp³-hybridized carbons (Fsp3) is 0.115. The Bertz CT molecular complexity index is 2250. The van der Waals surface area contributed by atoms with Gasteiger partial charge >= 0.3 is 0 Å². The number of nitrogens with one attached hydrogen (secondary N) is 1. The Labute approximate surface area is 256 Å². The van der Waals surface area contributed by atoms with Crippen LogP contribution in [0.25, 0.3) is 10.8 Å². The second kappa shape index (κ2) is 12.4. The molecule has 0 unspecified atom stereocenters. The van der Waals surface area contributed by atoms with Crippen molar-refractivity contribution >= 4 is 75.5 Å². The number of benzene rings is 4. The average molecular weight is 677 g/mol. The first-order valence-electron chi connectivity index (χ1n) is 12.2. The van der Waals surface area contributed by atoms with Gasteiger partial charge in [-0.1, -0.05) is 6.07 Å². The fourth-order valence-corrected chi connectivity index (χ4v) is 5.73. The highest BCUT2D eigenvalue weighted by Crippen LogP contribution is 2.39. The van der Waals surface area contributed by atoms with E-state index in [1.165, 1.54) is 25.3 Å².